The van der Waals surface area contributed by atoms with Crippen molar-refractivity contribution >= 4 is 56.4 Å². The van der Waals surface area contributed by atoms with Crippen LogP contribution >= 0.6 is 11.6 Å². The summed E-state index contributed by atoms with van der Waals surface area (Å²) in [5.74, 6) is -0.786. The van der Waals surface area contributed by atoms with Crippen molar-refractivity contribution in [2.45, 2.75) is 64.6 Å². The number of carbonyl (C=O) groups excluding carboxylic acids is 2. The molecule has 3 aliphatic rings. The highest BCUT2D eigenvalue weighted by atomic mass is 35.5. The molecule has 0 aliphatic heterocycles. The van der Waals surface area contributed by atoms with Crippen molar-refractivity contribution in [3.05, 3.63) is 77.5 Å². The first-order valence-corrected chi connectivity index (χ1v) is 18.0. The van der Waals surface area contributed by atoms with E-state index in [4.69, 9.17) is 35.9 Å². The number of hydrogen-bond acceptors (Lipinski definition) is 9. The van der Waals surface area contributed by atoms with Gasteiger partial charge in [0.15, 0.2) is 23.5 Å². The summed E-state index contributed by atoms with van der Waals surface area (Å²) in [7, 11) is 1.62. The van der Waals surface area contributed by atoms with E-state index in [2.05, 4.69) is 9.97 Å². The fourth-order valence-electron chi connectivity index (χ4n) is 8.23. The molecule has 268 valence electrons. The smallest absolute Gasteiger partial charge is 0.315 e. The van der Waals surface area contributed by atoms with Gasteiger partial charge in [-0.15, -0.1) is 0 Å². The summed E-state index contributed by atoms with van der Waals surface area (Å²) in [6.07, 6.45) is 7.31. The molecule has 11 nitrogen and oxygen atoms in total. The molecule has 3 saturated carbocycles. The van der Waals surface area contributed by atoms with Crippen molar-refractivity contribution in [1.82, 2.24) is 29.3 Å². The predicted octanol–water partition coefficient (Wildman–Crippen LogP) is 8.20. The molecule has 4 aromatic heterocycles. The van der Waals surface area contributed by atoms with Gasteiger partial charge >= 0.3 is 11.9 Å². The van der Waals surface area contributed by atoms with E-state index in [9.17, 15) is 9.59 Å². The van der Waals surface area contributed by atoms with Crippen LogP contribution < -0.4 is 4.74 Å². The molecular weight excluding hydrogens is 687 g/mol. The monoisotopic (exact) mass is 724 g/mol. The van der Waals surface area contributed by atoms with Crippen molar-refractivity contribution in [2.75, 3.05) is 13.7 Å². The predicted molar refractivity (Wildman–Crippen MR) is 193 cm³/mol. The fraction of sp³-hybridized carbons (Fsp3) is 0.385. The number of pyridine rings is 1. The molecule has 13 heteroatoms. The third-order valence-corrected chi connectivity index (χ3v) is 11.1. The molecule has 3 fully saturated rings. The van der Waals surface area contributed by atoms with Gasteiger partial charge in [-0.2, -0.15) is 5.10 Å². The van der Waals surface area contributed by atoms with E-state index in [-0.39, 0.29) is 47.6 Å². The van der Waals surface area contributed by atoms with Crippen LogP contribution in [0.15, 0.2) is 61.1 Å². The van der Waals surface area contributed by atoms with E-state index in [1.54, 1.807) is 33.9 Å². The van der Waals surface area contributed by atoms with Gasteiger partial charge < -0.3 is 18.8 Å². The number of ether oxygens (including phenoxy) is 3. The first-order chi connectivity index (χ1) is 25.1. The van der Waals surface area contributed by atoms with Gasteiger partial charge in [0, 0.05) is 18.6 Å². The number of halogens is 2. The number of aromatic nitrogens is 6. The summed E-state index contributed by atoms with van der Waals surface area (Å²) in [4.78, 5) is 40.7. The Morgan fingerprint density at radius 3 is 2.48 bits per heavy atom. The average Bonchev–Trinajstić information content (AvgIpc) is 3.70. The Balaban J connectivity index is 1.13. The number of nitrogens with zero attached hydrogens (tertiary/aromatic N) is 6. The normalized spacial score (nSPS) is 21.0. The van der Waals surface area contributed by atoms with Gasteiger partial charge in [0.05, 0.1) is 47.4 Å². The Morgan fingerprint density at radius 2 is 1.71 bits per heavy atom. The zero-order valence-corrected chi connectivity index (χ0v) is 30.0. The lowest BCUT2D eigenvalue weighted by molar-refractivity contribution is -0.157. The molecule has 3 aliphatic carbocycles. The number of benzene rings is 2. The van der Waals surface area contributed by atoms with E-state index in [0.29, 0.717) is 27.4 Å². The van der Waals surface area contributed by atoms with Crippen LogP contribution in [0.25, 0.3) is 44.4 Å². The molecule has 0 radical (unpaired) electrons. The molecule has 52 heavy (non-hydrogen) atoms. The Kier molecular flexibility index (Phi) is 8.81. The maximum Gasteiger partial charge on any atom is 0.315 e. The molecule has 0 saturated heterocycles. The van der Waals surface area contributed by atoms with Crippen LogP contribution in [0.3, 0.4) is 0 Å². The molecule has 0 spiro atoms. The van der Waals surface area contributed by atoms with Crippen LogP contribution in [0.1, 0.15) is 70.2 Å². The number of esters is 2. The summed E-state index contributed by atoms with van der Waals surface area (Å²) < 4.78 is 35.7. The van der Waals surface area contributed by atoms with E-state index in [1.807, 2.05) is 41.0 Å². The lowest BCUT2D eigenvalue weighted by Crippen LogP contribution is -2.45. The number of carbonyl (C=O) groups is 2. The number of hydrogen-bond donors (Lipinski definition) is 0. The van der Waals surface area contributed by atoms with Gasteiger partial charge in [-0.05, 0) is 92.8 Å². The quantitative estimate of drug-likeness (QED) is 0.136. The van der Waals surface area contributed by atoms with Crippen molar-refractivity contribution < 1.29 is 28.2 Å². The number of fused-ring (bicyclic) bond motifs is 6. The summed E-state index contributed by atoms with van der Waals surface area (Å²) in [5.41, 5.74) is 1.92. The third kappa shape index (κ3) is 5.82. The molecule has 9 rings (SSSR count). The van der Waals surface area contributed by atoms with Crippen LogP contribution in [-0.4, -0.2) is 55.0 Å². The maximum absolute atomic E-state index is 15.5. The van der Waals surface area contributed by atoms with Crippen LogP contribution in [0.2, 0.25) is 5.02 Å². The fourth-order valence-corrected chi connectivity index (χ4v) is 8.39. The number of rotatable bonds is 9. The molecule has 4 atom stereocenters. The minimum Gasteiger partial charge on any atom is -0.497 e. The van der Waals surface area contributed by atoms with Crippen LogP contribution in [0.5, 0.6) is 5.75 Å². The molecule has 0 amide bonds. The van der Waals surface area contributed by atoms with Gasteiger partial charge in [-0.1, -0.05) is 35.9 Å². The van der Waals surface area contributed by atoms with E-state index in [0.717, 1.165) is 47.8 Å². The topological polar surface area (TPSA) is 123 Å². The molecule has 2 bridgehead atoms. The summed E-state index contributed by atoms with van der Waals surface area (Å²) in [6.45, 7) is 5.59. The summed E-state index contributed by atoms with van der Waals surface area (Å²) in [5, 5.41) is 7.93. The minimum absolute atomic E-state index is 0.168. The highest BCUT2D eigenvalue weighted by Crippen LogP contribution is 2.52. The standard InChI is InChI=1S/C39H38ClFN6O5/c1-5-51-39(49)32-22-6-8-23(9-7-22)34(32)46-19-31(41)30-18-42-35(44-37(30)46)33-29-16-27(40)17-43-36(29)47(45-33)21(3)52-38(48)20(2)24-10-11-26-15-28(50-4)13-12-25(26)14-24/h10-23,32,34H,5-9H2,1-4H3/t20-,21?,22?,23?,32-,34-/m0/s1. The van der Waals surface area contributed by atoms with E-state index < -0.39 is 23.9 Å². The molecule has 1 unspecified atom stereocenters. The average molecular weight is 725 g/mol. The van der Waals surface area contributed by atoms with Gasteiger partial charge in [-0.3, -0.25) is 9.59 Å². The van der Waals surface area contributed by atoms with Gasteiger partial charge in [-0.25, -0.2) is 24.0 Å². The number of methoxy groups -OCH3 is 1. The first kappa shape index (κ1) is 34.0. The molecule has 6 aromatic rings. The van der Waals surface area contributed by atoms with Crippen molar-refractivity contribution in [3.63, 3.8) is 0 Å². The Labute approximate surface area is 304 Å². The van der Waals surface area contributed by atoms with Crippen molar-refractivity contribution in [1.29, 1.82) is 0 Å². The molecule has 4 heterocycles. The summed E-state index contributed by atoms with van der Waals surface area (Å²) in [6, 6.07) is 13.0. The third-order valence-electron chi connectivity index (χ3n) is 10.9. The molecule has 0 N–H and O–H groups in total. The summed E-state index contributed by atoms with van der Waals surface area (Å²) >= 11 is 6.42. The van der Waals surface area contributed by atoms with Gasteiger partial charge in [0.25, 0.3) is 0 Å². The van der Waals surface area contributed by atoms with Gasteiger partial charge in [0.2, 0.25) is 0 Å². The molecule has 2 aromatic carbocycles. The zero-order valence-electron chi connectivity index (χ0n) is 29.3. The maximum atomic E-state index is 15.5. The lowest BCUT2D eigenvalue weighted by atomic mass is 9.61. The minimum atomic E-state index is -0.863. The second-order valence-electron chi connectivity index (χ2n) is 13.8. The second kappa shape index (κ2) is 13.5. The van der Waals surface area contributed by atoms with Crippen molar-refractivity contribution in [2.24, 2.45) is 17.8 Å². The van der Waals surface area contributed by atoms with Crippen LogP contribution in [0, 0.1) is 23.6 Å². The Bertz CT molecular complexity index is 2350. The highest BCUT2D eigenvalue weighted by molar-refractivity contribution is 6.31. The highest BCUT2D eigenvalue weighted by Gasteiger charge is 2.49. The SMILES string of the molecule is CCOC(=O)[C@H]1C2CCC(CC2)[C@@H]1n1cc(F)c2cnc(-c3nn(C(C)OC(=O)[C@@H](C)c4ccc5cc(OC)ccc5c4)c4ncc(Cl)cc34)nc21. The zero-order chi connectivity index (χ0) is 36.3. The van der Waals surface area contributed by atoms with Crippen molar-refractivity contribution in [3.8, 4) is 17.3 Å². The Hall–Kier alpha value is -5.10. The lowest BCUT2D eigenvalue weighted by Gasteiger charge is -2.47. The van der Waals surface area contributed by atoms with Gasteiger partial charge in [0.1, 0.15) is 17.1 Å². The van der Waals surface area contributed by atoms with Crippen LogP contribution in [0.4, 0.5) is 4.39 Å². The largest absolute Gasteiger partial charge is 0.497 e. The van der Waals surface area contributed by atoms with Crippen LogP contribution in [-0.2, 0) is 19.1 Å². The molecular formula is C39H38ClFN6O5. The first-order valence-electron chi connectivity index (χ1n) is 17.7. The Morgan fingerprint density at radius 1 is 0.962 bits per heavy atom. The van der Waals surface area contributed by atoms with E-state index >= 15 is 4.39 Å². The second-order valence-corrected chi connectivity index (χ2v) is 14.2. The van der Waals surface area contributed by atoms with E-state index in [1.165, 1.54) is 23.3 Å².